The van der Waals surface area contributed by atoms with Gasteiger partial charge in [0, 0.05) is 16.9 Å². The third-order valence-electron chi connectivity index (χ3n) is 3.64. The fraction of sp³-hybridized carbons (Fsp3) is 0.333. The summed E-state index contributed by atoms with van der Waals surface area (Å²) in [7, 11) is 0. The minimum absolute atomic E-state index is 0.204. The van der Waals surface area contributed by atoms with Crippen LogP contribution in [0.15, 0.2) is 46.9 Å². The average molecular weight is 350 g/mol. The molecule has 0 amide bonds. The first-order valence-electron chi connectivity index (χ1n) is 7.31. The lowest BCUT2D eigenvalue weighted by atomic mass is 9.91. The van der Waals surface area contributed by atoms with Crippen LogP contribution >= 0.6 is 15.9 Å². The van der Waals surface area contributed by atoms with Gasteiger partial charge in [0.25, 0.3) is 0 Å². The van der Waals surface area contributed by atoms with E-state index in [-0.39, 0.29) is 5.82 Å². The number of likely N-dealkylation sites (N-methyl/N-ethyl adjacent to an activating group) is 1. The van der Waals surface area contributed by atoms with E-state index >= 15 is 0 Å². The highest BCUT2D eigenvalue weighted by atomic mass is 79.9. The lowest BCUT2D eigenvalue weighted by Gasteiger charge is -2.19. The van der Waals surface area contributed by atoms with Crippen molar-refractivity contribution in [3.05, 3.63) is 69.4 Å². The third kappa shape index (κ3) is 4.65. The van der Waals surface area contributed by atoms with E-state index in [1.165, 1.54) is 23.3 Å². The van der Waals surface area contributed by atoms with Crippen LogP contribution in [0.25, 0.3) is 0 Å². The van der Waals surface area contributed by atoms with Crippen molar-refractivity contribution in [1.29, 1.82) is 0 Å². The summed E-state index contributed by atoms with van der Waals surface area (Å²) in [5, 5.41) is 3.43. The Hall–Kier alpha value is -1.19. The summed E-state index contributed by atoms with van der Waals surface area (Å²) in [5.41, 5.74) is 3.74. The summed E-state index contributed by atoms with van der Waals surface area (Å²) in [6.07, 6.45) is 0.886. The van der Waals surface area contributed by atoms with Gasteiger partial charge < -0.3 is 5.32 Å². The van der Waals surface area contributed by atoms with Crippen molar-refractivity contribution in [1.82, 2.24) is 5.32 Å². The van der Waals surface area contributed by atoms with Crippen molar-refractivity contribution in [3.8, 4) is 0 Å². The smallest absolute Gasteiger partial charge is 0.124 e. The number of rotatable bonds is 6. The fourth-order valence-corrected chi connectivity index (χ4v) is 3.02. The minimum Gasteiger partial charge on any atom is -0.316 e. The standard InChI is InChI=1S/C18H21BrFN/c1-3-21-12-16(14-6-4-5-13(2)9-14)10-15-7-8-17(20)11-18(15)19/h4-9,11,16,21H,3,10,12H2,1-2H3. The number of hydrogen-bond donors (Lipinski definition) is 1. The predicted molar refractivity (Wildman–Crippen MR) is 90.3 cm³/mol. The van der Waals surface area contributed by atoms with Crippen LogP contribution in [0.4, 0.5) is 4.39 Å². The Morgan fingerprint density at radius 3 is 2.67 bits per heavy atom. The molecular weight excluding hydrogens is 329 g/mol. The summed E-state index contributed by atoms with van der Waals surface area (Å²) in [5.74, 6) is 0.177. The first-order chi connectivity index (χ1) is 10.1. The zero-order valence-corrected chi connectivity index (χ0v) is 14.1. The molecule has 3 heteroatoms. The zero-order valence-electron chi connectivity index (χ0n) is 12.5. The molecule has 0 aliphatic heterocycles. The highest BCUT2D eigenvalue weighted by Crippen LogP contribution is 2.26. The summed E-state index contributed by atoms with van der Waals surface area (Å²) >= 11 is 3.47. The van der Waals surface area contributed by atoms with Crippen molar-refractivity contribution in [2.24, 2.45) is 0 Å². The van der Waals surface area contributed by atoms with Crippen molar-refractivity contribution in [2.75, 3.05) is 13.1 Å². The van der Waals surface area contributed by atoms with E-state index in [1.54, 1.807) is 0 Å². The van der Waals surface area contributed by atoms with E-state index in [0.29, 0.717) is 5.92 Å². The Balaban J connectivity index is 2.23. The lowest BCUT2D eigenvalue weighted by Crippen LogP contribution is -2.22. The molecular formula is C18H21BrFN. The van der Waals surface area contributed by atoms with Gasteiger partial charge in [-0.1, -0.05) is 58.7 Å². The molecule has 0 radical (unpaired) electrons. The largest absolute Gasteiger partial charge is 0.316 e. The molecule has 1 atom stereocenters. The van der Waals surface area contributed by atoms with E-state index in [1.807, 2.05) is 6.07 Å². The highest BCUT2D eigenvalue weighted by molar-refractivity contribution is 9.10. The molecule has 1 unspecified atom stereocenters. The van der Waals surface area contributed by atoms with Gasteiger partial charge in [-0.05, 0) is 43.1 Å². The van der Waals surface area contributed by atoms with Crippen LogP contribution in [0.5, 0.6) is 0 Å². The first kappa shape index (κ1) is 16.2. The molecule has 112 valence electrons. The van der Waals surface area contributed by atoms with Crippen LogP contribution in [-0.2, 0) is 6.42 Å². The molecule has 0 spiro atoms. The summed E-state index contributed by atoms with van der Waals surface area (Å²) < 4.78 is 14.1. The molecule has 21 heavy (non-hydrogen) atoms. The zero-order chi connectivity index (χ0) is 15.2. The molecule has 0 aromatic heterocycles. The van der Waals surface area contributed by atoms with Gasteiger partial charge in [-0.25, -0.2) is 4.39 Å². The maximum Gasteiger partial charge on any atom is 0.124 e. The molecule has 1 N–H and O–H groups in total. The number of hydrogen-bond acceptors (Lipinski definition) is 1. The summed E-state index contributed by atoms with van der Waals surface area (Å²) in [4.78, 5) is 0. The maximum atomic E-state index is 13.2. The normalized spacial score (nSPS) is 12.4. The van der Waals surface area contributed by atoms with Gasteiger partial charge in [0.2, 0.25) is 0 Å². The van der Waals surface area contributed by atoms with Gasteiger partial charge in [-0.2, -0.15) is 0 Å². The predicted octanol–water partition coefficient (Wildman–Crippen LogP) is 4.83. The molecule has 0 aliphatic carbocycles. The van der Waals surface area contributed by atoms with Gasteiger partial charge in [0.1, 0.15) is 5.82 Å². The monoisotopic (exact) mass is 349 g/mol. The molecule has 2 rings (SSSR count). The lowest BCUT2D eigenvalue weighted by molar-refractivity contribution is 0.591. The van der Waals surface area contributed by atoms with Crippen LogP contribution < -0.4 is 5.32 Å². The quantitative estimate of drug-likeness (QED) is 0.787. The van der Waals surface area contributed by atoms with Crippen LogP contribution in [0, 0.1) is 12.7 Å². The topological polar surface area (TPSA) is 12.0 Å². The Labute approximate surface area is 134 Å². The number of aryl methyl sites for hydroxylation is 1. The van der Waals surface area contributed by atoms with Gasteiger partial charge in [-0.15, -0.1) is 0 Å². The van der Waals surface area contributed by atoms with Crippen LogP contribution in [0.3, 0.4) is 0 Å². The highest BCUT2D eigenvalue weighted by Gasteiger charge is 2.14. The Morgan fingerprint density at radius 1 is 1.19 bits per heavy atom. The van der Waals surface area contributed by atoms with E-state index < -0.39 is 0 Å². The fourth-order valence-electron chi connectivity index (χ4n) is 2.50. The molecule has 2 aromatic rings. The summed E-state index contributed by atoms with van der Waals surface area (Å²) in [6, 6.07) is 13.6. The summed E-state index contributed by atoms with van der Waals surface area (Å²) in [6.45, 7) is 6.10. The number of nitrogens with one attached hydrogen (secondary N) is 1. The first-order valence-corrected chi connectivity index (χ1v) is 8.10. The molecule has 0 bridgehead atoms. The Bertz CT molecular complexity index is 598. The molecule has 2 aromatic carbocycles. The number of halogens is 2. The SMILES string of the molecule is CCNCC(Cc1ccc(F)cc1Br)c1cccc(C)c1. The third-order valence-corrected chi connectivity index (χ3v) is 4.37. The second-order valence-electron chi connectivity index (χ2n) is 5.36. The van der Waals surface area contributed by atoms with Crippen molar-refractivity contribution in [3.63, 3.8) is 0 Å². The Morgan fingerprint density at radius 2 is 2.00 bits per heavy atom. The van der Waals surface area contributed by atoms with Gasteiger partial charge in [0.15, 0.2) is 0 Å². The van der Waals surface area contributed by atoms with E-state index in [9.17, 15) is 4.39 Å². The van der Waals surface area contributed by atoms with Crippen molar-refractivity contribution in [2.45, 2.75) is 26.2 Å². The van der Waals surface area contributed by atoms with Crippen LogP contribution in [0.2, 0.25) is 0 Å². The maximum absolute atomic E-state index is 13.2. The molecule has 0 aliphatic rings. The van der Waals surface area contributed by atoms with Gasteiger partial charge in [-0.3, -0.25) is 0 Å². The van der Waals surface area contributed by atoms with E-state index in [4.69, 9.17) is 0 Å². The van der Waals surface area contributed by atoms with Gasteiger partial charge in [0.05, 0.1) is 0 Å². The Kier molecular flexibility index (Phi) is 5.95. The molecule has 0 heterocycles. The second kappa shape index (κ2) is 7.71. The van der Waals surface area contributed by atoms with Gasteiger partial charge >= 0.3 is 0 Å². The van der Waals surface area contributed by atoms with Crippen molar-refractivity contribution < 1.29 is 4.39 Å². The van der Waals surface area contributed by atoms with Crippen LogP contribution in [-0.4, -0.2) is 13.1 Å². The number of benzene rings is 2. The van der Waals surface area contributed by atoms with Crippen LogP contribution in [0.1, 0.15) is 29.5 Å². The molecule has 0 fully saturated rings. The molecule has 0 saturated carbocycles. The van der Waals surface area contributed by atoms with E-state index in [0.717, 1.165) is 29.5 Å². The molecule has 0 saturated heterocycles. The second-order valence-corrected chi connectivity index (χ2v) is 6.21. The van der Waals surface area contributed by atoms with Crippen molar-refractivity contribution >= 4 is 15.9 Å². The molecule has 1 nitrogen and oxygen atoms in total. The minimum atomic E-state index is -0.204. The van der Waals surface area contributed by atoms with E-state index in [2.05, 4.69) is 59.4 Å². The average Bonchev–Trinajstić information content (AvgIpc) is 2.45.